The van der Waals surface area contributed by atoms with Crippen molar-refractivity contribution in [2.45, 2.75) is 26.2 Å². The average Bonchev–Trinajstić information content (AvgIpc) is 2.72. The number of aryl methyl sites for hydroxylation is 1. The Hall–Kier alpha value is -2.98. The minimum absolute atomic E-state index is 0.0838. The fourth-order valence-corrected chi connectivity index (χ4v) is 3.64. The van der Waals surface area contributed by atoms with Crippen LogP contribution in [0, 0.1) is 12.8 Å². The molecule has 0 bridgehead atoms. The molecule has 1 aliphatic rings. The maximum Gasteiger partial charge on any atom is 0.336 e. The molecule has 1 unspecified atom stereocenters. The number of allylic oxidation sites excluding steroid dienone is 1. The first-order valence-electron chi connectivity index (χ1n) is 10.4. The SMILES string of the molecule is Cc1ccc(/C=C/C(=O)Oc2ccc(/C=C3/CCCC(CN(C)C)C3=O)cc2)cc1. The predicted molar refractivity (Wildman–Crippen MR) is 121 cm³/mol. The van der Waals surface area contributed by atoms with Gasteiger partial charge in [0.2, 0.25) is 0 Å². The Morgan fingerprint density at radius 2 is 1.73 bits per heavy atom. The number of carbonyl (C=O) groups is 2. The molecule has 30 heavy (non-hydrogen) atoms. The summed E-state index contributed by atoms with van der Waals surface area (Å²) in [6, 6.07) is 15.2. The zero-order valence-corrected chi connectivity index (χ0v) is 17.9. The van der Waals surface area contributed by atoms with Crippen LogP contribution in [0.3, 0.4) is 0 Å². The van der Waals surface area contributed by atoms with Gasteiger partial charge < -0.3 is 9.64 Å². The number of nitrogens with zero attached hydrogens (tertiary/aromatic N) is 1. The molecular formula is C26H29NO3. The summed E-state index contributed by atoms with van der Waals surface area (Å²) >= 11 is 0. The molecule has 1 fully saturated rings. The summed E-state index contributed by atoms with van der Waals surface area (Å²) in [5.74, 6) is 0.402. The van der Waals surface area contributed by atoms with E-state index in [0.29, 0.717) is 5.75 Å². The lowest BCUT2D eigenvalue weighted by molar-refractivity contribution is -0.129. The van der Waals surface area contributed by atoms with Gasteiger partial charge in [0.25, 0.3) is 0 Å². The monoisotopic (exact) mass is 403 g/mol. The van der Waals surface area contributed by atoms with E-state index in [-0.39, 0.29) is 11.7 Å². The number of benzene rings is 2. The Labute approximate surface area is 178 Å². The summed E-state index contributed by atoms with van der Waals surface area (Å²) in [4.78, 5) is 26.8. The van der Waals surface area contributed by atoms with Crippen molar-refractivity contribution >= 4 is 23.9 Å². The van der Waals surface area contributed by atoms with Crippen molar-refractivity contribution < 1.29 is 14.3 Å². The van der Waals surface area contributed by atoms with Gasteiger partial charge in [-0.2, -0.15) is 0 Å². The van der Waals surface area contributed by atoms with Crippen LogP contribution in [0.1, 0.15) is 36.0 Å². The summed E-state index contributed by atoms with van der Waals surface area (Å²) in [5, 5.41) is 0. The quantitative estimate of drug-likeness (QED) is 0.390. The highest BCUT2D eigenvalue weighted by molar-refractivity contribution is 6.01. The molecule has 0 aromatic heterocycles. The molecule has 2 aromatic rings. The minimum atomic E-state index is -0.421. The van der Waals surface area contributed by atoms with Crippen LogP contribution in [0.4, 0.5) is 0 Å². The third-order valence-electron chi connectivity index (χ3n) is 5.20. The molecule has 156 valence electrons. The Morgan fingerprint density at radius 1 is 1.07 bits per heavy atom. The Kier molecular flexibility index (Phi) is 7.36. The maximum atomic E-state index is 12.7. The van der Waals surface area contributed by atoms with Crippen LogP contribution in [-0.4, -0.2) is 37.3 Å². The van der Waals surface area contributed by atoms with Crippen LogP contribution >= 0.6 is 0 Å². The molecule has 0 amide bonds. The van der Waals surface area contributed by atoms with Crippen molar-refractivity contribution in [1.29, 1.82) is 0 Å². The van der Waals surface area contributed by atoms with E-state index in [4.69, 9.17) is 4.74 Å². The molecule has 1 atom stereocenters. The largest absolute Gasteiger partial charge is 0.423 e. The van der Waals surface area contributed by atoms with Gasteiger partial charge in [-0.15, -0.1) is 0 Å². The normalized spacial score (nSPS) is 18.3. The smallest absolute Gasteiger partial charge is 0.336 e. The molecule has 3 rings (SSSR count). The van der Waals surface area contributed by atoms with E-state index in [1.807, 2.05) is 63.5 Å². The summed E-state index contributed by atoms with van der Waals surface area (Å²) in [5.41, 5.74) is 3.95. The number of Topliss-reactive ketones (excluding diaryl/α,β-unsaturated/α-hetero) is 1. The molecule has 4 nitrogen and oxygen atoms in total. The van der Waals surface area contributed by atoms with Crippen molar-refractivity contribution in [3.05, 3.63) is 76.9 Å². The molecule has 0 radical (unpaired) electrons. The third-order valence-corrected chi connectivity index (χ3v) is 5.20. The van der Waals surface area contributed by atoms with Crippen LogP contribution in [0.15, 0.2) is 60.2 Å². The van der Waals surface area contributed by atoms with E-state index in [2.05, 4.69) is 4.90 Å². The zero-order valence-electron chi connectivity index (χ0n) is 17.9. The molecule has 2 aromatic carbocycles. The summed E-state index contributed by atoms with van der Waals surface area (Å²) in [6.45, 7) is 2.81. The number of carbonyl (C=O) groups excluding carboxylic acids is 2. The van der Waals surface area contributed by atoms with E-state index >= 15 is 0 Å². The number of hydrogen-bond donors (Lipinski definition) is 0. The summed E-state index contributed by atoms with van der Waals surface area (Å²) in [6.07, 6.45) is 7.94. The second kappa shape index (κ2) is 10.2. The second-order valence-corrected chi connectivity index (χ2v) is 8.12. The van der Waals surface area contributed by atoms with E-state index < -0.39 is 5.97 Å². The number of ketones is 1. The molecule has 0 N–H and O–H groups in total. The van der Waals surface area contributed by atoms with Crippen molar-refractivity contribution in [3.63, 3.8) is 0 Å². The van der Waals surface area contributed by atoms with Crippen LogP contribution in [-0.2, 0) is 9.59 Å². The highest BCUT2D eigenvalue weighted by Crippen LogP contribution is 2.27. The fraction of sp³-hybridized carbons (Fsp3) is 0.308. The van der Waals surface area contributed by atoms with Gasteiger partial charge >= 0.3 is 5.97 Å². The highest BCUT2D eigenvalue weighted by atomic mass is 16.5. The topological polar surface area (TPSA) is 46.6 Å². The first-order valence-corrected chi connectivity index (χ1v) is 10.4. The minimum Gasteiger partial charge on any atom is -0.423 e. The molecule has 0 spiro atoms. The number of rotatable bonds is 6. The first kappa shape index (κ1) is 21.7. The van der Waals surface area contributed by atoms with Gasteiger partial charge in [0.05, 0.1) is 0 Å². The van der Waals surface area contributed by atoms with Gasteiger partial charge in [0.15, 0.2) is 5.78 Å². The van der Waals surface area contributed by atoms with Crippen LogP contribution in [0.25, 0.3) is 12.2 Å². The van der Waals surface area contributed by atoms with Crippen molar-refractivity contribution in [2.24, 2.45) is 5.92 Å². The van der Waals surface area contributed by atoms with Crippen molar-refractivity contribution in [1.82, 2.24) is 4.90 Å². The molecule has 0 heterocycles. The van der Waals surface area contributed by atoms with E-state index in [0.717, 1.165) is 42.5 Å². The average molecular weight is 404 g/mol. The fourth-order valence-electron chi connectivity index (χ4n) is 3.64. The zero-order chi connectivity index (χ0) is 21.5. The van der Waals surface area contributed by atoms with Crippen molar-refractivity contribution in [2.75, 3.05) is 20.6 Å². The van der Waals surface area contributed by atoms with E-state index in [1.54, 1.807) is 18.2 Å². The molecule has 1 aliphatic carbocycles. The van der Waals surface area contributed by atoms with Crippen LogP contribution in [0.5, 0.6) is 5.75 Å². The Balaban J connectivity index is 1.60. The van der Waals surface area contributed by atoms with Crippen LogP contribution < -0.4 is 4.74 Å². The lowest BCUT2D eigenvalue weighted by Crippen LogP contribution is -2.31. The Bertz CT molecular complexity index is 937. The maximum absolute atomic E-state index is 12.7. The molecule has 0 aliphatic heterocycles. The Morgan fingerprint density at radius 3 is 2.40 bits per heavy atom. The van der Waals surface area contributed by atoms with Crippen LogP contribution in [0.2, 0.25) is 0 Å². The lowest BCUT2D eigenvalue weighted by Gasteiger charge is -2.25. The molecular weight excluding hydrogens is 374 g/mol. The third kappa shape index (κ3) is 6.26. The second-order valence-electron chi connectivity index (χ2n) is 8.12. The summed E-state index contributed by atoms with van der Waals surface area (Å²) in [7, 11) is 4.00. The number of ether oxygens (including phenoxy) is 1. The molecule has 4 heteroatoms. The number of esters is 1. The standard InChI is InChI=1S/C26H29NO3/c1-19-7-9-20(10-8-19)13-16-25(28)30-24-14-11-21(12-15-24)17-22-5-4-6-23(26(22)29)18-27(2)3/h7-17,23H,4-6,18H2,1-3H3/b16-13+,22-17-. The van der Waals surface area contributed by atoms with Crippen molar-refractivity contribution in [3.8, 4) is 5.75 Å². The van der Waals surface area contributed by atoms with Gasteiger partial charge in [0.1, 0.15) is 5.75 Å². The van der Waals surface area contributed by atoms with Gasteiger partial charge in [-0.3, -0.25) is 4.79 Å². The van der Waals surface area contributed by atoms with E-state index in [1.165, 1.54) is 11.6 Å². The molecule has 0 saturated heterocycles. The van der Waals surface area contributed by atoms with Gasteiger partial charge in [0, 0.05) is 18.5 Å². The first-order chi connectivity index (χ1) is 14.4. The lowest BCUT2D eigenvalue weighted by atomic mass is 9.83. The number of hydrogen-bond acceptors (Lipinski definition) is 4. The highest BCUT2D eigenvalue weighted by Gasteiger charge is 2.26. The van der Waals surface area contributed by atoms with Gasteiger partial charge in [-0.05, 0) is 81.3 Å². The summed E-state index contributed by atoms with van der Waals surface area (Å²) < 4.78 is 5.37. The molecule has 1 saturated carbocycles. The predicted octanol–water partition coefficient (Wildman–Crippen LogP) is 4.93. The van der Waals surface area contributed by atoms with E-state index in [9.17, 15) is 9.59 Å². The van der Waals surface area contributed by atoms with Gasteiger partial charge in [-0.1, -0.05) is 42.0 Å². The van der Waals surface area contributed by atoms with Gasteiger partial charge in [-0.25, -0.2) is 4.79 Å².